The lowest BCUT2D eigenvalue weighted by atomic mass is 10.2. The van der Waals surface area contributed by atoms with Crippen molar-refractivity contribution in [1.29, 1.82) is 0 Å². The van der Waals surface area contributed by atoms with Gasteiger partial charge < -0.3 is 5.73 Å². The number of imidazole rings is 1. The van der Waals surface area contributed by atoms with Crippen molar-refractivity contribution in [2.45, 2.75) is 0 Å². The van der Waals surface area contributed by atoms with Crippen molar-refractivity contribution < 1.29 is 0 Å². The molecule has 90 valence electrons. The van der Waals surface area contributed by atoms with Gasteiger partial charge in [-0.3, -0.25) is 9.25 Å². The lowest BCUT2D eigenvalue weighted by Crippen LogP contribution is -1.98. The van der Waals surface area contributed by atoms with Crippen LogP contribution in [-0.2, 0) is 7.05 Å². The highest BCUT2D eigenvalue weighted by Crippen LogP contribution is 2.22. The third-order valence-electron chi connectivity index (χ3n) is 2.66. The first kappa shape index (κ1) is 10.5. The quantitative estimate of drug-likeness (QED) is 0.731. The third-order valence-corrected chi connectivity index (χ3v) is 2.66. The number of nitrogen functional groups attached to an aromatic ring is 1. The SMILES string of the molecule is Cn1ccc(-n2cncc2-c2ccnc(N)c2)n1. The normalized spacial score (nSPS) is 10.7. The van der Waals surface area contributed by atoms with Crippen LogP contribution >= 0.6 is 0 Å². The summed E-state index contributed by atoms with van der Waals surface area (Å²) in [4.78, 5) is 8.15. The van der Waals surface area contributed by atoms with E-state index in [2.05, 4.69) is 15.1 Å². The van der Waals surface area contributed by atoms with E-state index in [1.54, 1.807) is 23.4 Å². The highest BCUT2D eigenvalue weighted by Gasteiger charge is 2.09. The third kappa shape index (κ3) is 1.73. The number of nitrogens with two attached hydrogens (primary N) is 1. The molecule has 0 unspecified atom stereocenters. The number of aromatic nitrogens is 5. The van der Waals surface area contributed by atoms with Crippen molar-refractivity contribution in [2.75, 3.05) is 5.73 Å². The van der Waals surface area contributed by atoms with Crippen molar-refractivity contribution in [3.8, 4) is 17.1 Å². The molecule has 3 rings (SSSR count). The van der Waals surface area contributed by atoms with Crippen LogP contribution in [0.4, 0.5) is 5.82 Å². The van der Waals surface area contributed by atoms with Crippen LogP contribution in [0.5, 0.6) is 0 Å². The molecule has 0 aliphatic carbocycles. The van der Waals surface area contributed by atoms with Gasteiger partial charge in [0.1, 0.15) is 12.1 Å². The number of hydrogen-bond acceptors (Lipinski definition) is 4. The predicted molar refractivity (Wildman–Crippen MR) is 68.0 cm³/mol. The maximum Gasteiger partial charge on any atom is 0.160 e. The molecule has 3 heterocycles. The number of rotatable bonds is 2. The molecule has 0 fully saturated rings. The molecule has 0 spiro atoms. The Morgan fingerprint density at radius 2 is 2.17 bits per heavy atom. The smallest absolute Gasteiger partial charge is 0.160 e. The largest absolute Gasteiger partial charge is 0.384 e. The molecule has 6 nitrogen and oxygen atoms in total. The molecule has 0 aliphatic rings. The van der Waals surface area contributed by atoms with Crippen molar-refractivity contribution in [2.24, 2.45) is 7.05 Å². The fourth-order valence-corrected chi connectivity index (χ4v) is 1.83. The van der Waals surface area contributed by atoms with Crippen LogP contribution in [0.25, 0.3) is 17.1 Å². The van der Waals surface area contributed by atoms with Gasteiger partial charge in [-0.15, -0.1) is 0 Å². The van der Waals surface area contributed by atoms with E-state index in [4.69, 9.17) is 5.73 Å². The zero-order valence-corrected chi connectivity index (χ0v) is 9.85. The van der Waals surface area contributed by atoms with Crippen LogP contribution in [0, 0.1) is 0 Å². The first-order chi connectivity index (χ1) is 8.74. The molecule has 0 atom stereocenters. The number of nitrogens with zero attached hydrogens (tertiary/aromatic N) is 5. The average Bonchev–Trinajstić information content (AvgIpc) is 2.96. The second kappa shape index (κ2) is 3.99. The lowest BCUT2D eigenvalue weighted by Gasteiger charge is -2.05. The molecule has 0 radical (unpaired) electrons. The Balaban J connectivity index is 2.12. The Bertz CT molecular complexity index is 681. The minimum absolute atomic E-state index is 0.487. The number of hydrogen-bond donors (Lipinski definition) is 1. The van der Waals surface area contributed by atoms with Crippen molar-refractivity contribution in [1.82, 2.24) is 24.3 Å². The van der Waals surface area contributed by atoms with Gasteiger partial charge in [0, 0.05) is 31.1 Å². The summed E-state index contributed by atoms with van der Waals surface area (Å²) < 4.78 is 3.66. The van der Waals surface area contributed by atoms with E-state index in [1.807, 2.05) is 36.0 Å². The summed E-state index contributed by atoms with van der Waals surface area (Å²) in [7, 11) is 1.88. The molecule has 2 N–H and O–H groups in total. The van der Waals surface area contributed by atoms with Gasteiger partial charge in [-0.05, 0) is 12.1 Å². The fourth-order valence-electron chi connectivity index (χ4n) is 1.83. The topological polar surface area (TPSA) is 74.5 Å². The molecule has 0 bridgehead atoms. The van der Waals surface area contributed by atoms with E-state index < -0.39 is 0 Å². The molecule has 0 aromatic carbocycles. The van der Waals surface area contributed by atoms with Crippen molar-refractivity contribution in [3.05, 3.63) is 43.1 Å². The summed E-state index contributed by atoms with van der Waals surface area (Å²) in [6, 6.07) is 5.64. The minimum Gasteiger partial charge on any atom is -0.384 e. The van der Waals surface area contributed by atoms with Crippen LogP contribution in [0.15, 0.2) is 43.1 Å². The van der Waals surface area contributed by atoms with Crippen LogP contribution in [0.1, 0.15) is 0 Å². The Labute approximate surface area is 104 Å². The summed E-state index contributed by atoms with van der Waals surface area (Å²) in [6.45, 7) is 0. The monoisotopic (exact) mass is 240 g/mol. The van der Waals surface area contributed by atoms with Crippen LogP contribution in [0.3, 0.4) is 0 Å². The van der Waals surface area contributed by atoms with E-state index in [0.717, 1.165) is 17.1 Å². The Morgan fingerprint density at radius 1 is 1.28 bits per heavy atom. The average molecular weight is 240 g/mol. The van der Waals surface area contributed by atoms with Gasteiger partial charge in [0.25, 0.3) is 0 Å². The molecule has 0 saturated carbocycles. The van der Waals surface area contributed by atoms with Gasteiger partial charge in [-0.1, -0.05) is 0 Å². The highest BCUT2D eigenvalue weighted by molar-refractivity contribution is 5.63. The first-order valence-electron chi connectivity index (χ1n) is 5.48. The van der Waals surface area contributed by atoms with E-state index >= 15 is 0 Å². The van der Waals surface area contributed by atoms with E-state index in [1.165, 1.54) is 0 Å². The number of anilines is 1. The zero-order chi connectivity index (χ0) is 12.5. The fraction of sp³-hybridized carbons (Fsp3) is 0.0833. The molecule has 3 aromatic rings. The summed E-state index contributed by atoms with van der Waals surface area (Å²) in [5, 5.41) is 4.35. The summed E-state index contributed by atoms with van der Waals surface area (Å²) in [5.41, 5.74) is 7.59. The van der Waals surface area contributed by atoms with Crippen LogP contribution in [0.2, 0.25) is 0 Å². The van der Waals surface area contributed by atoms with Gasteiger partial charge in [0.15, 0.2) is 5.82 Å². The molecule has 6 heteroatoms. The molecule has 18 heavy (non-hydrogen) atoms. The van der Waals surface area contributed by atoms with Gasteiger partial charge in [-0.2, -0.15) is 5.10 Å². The molecule has 0 saturated heterocycles. The Morgan fingerprint density at radius 3 is 2.89 bits per heavy atom. The van der Waals surface area contributed by atoms with Gasteiger partial charge in [0.2, 0.25) is 0 Å². The molecule has 3 aromatic heterocycles. The maximum absolute atomic E-state index is 5.70. The second-order valence-electron chi connectivity index (χ2n) is 3.97. The molecular formula is C12H12N6. The molecule has 0 amide bonds. The summed E-state index contributed by atoms with van der Waals surface area (Å²) in [6.07, 6.45) is 7.08. The first-order valence-corrected chi connectivity index (χ1v) is 5.48. The zero-order valence-electron chi connectivity index (χ0n) is 9.85. The van der Waals surface area contributed by atoms with E-state index in [-0.39, 0.29) is 0 Å². The maximum atomic E-state index is 5.70. The molecular weight excluding hydrogens is 228 g/mol. The molecule has 0 aliphatic heterocycles. The predicted octanol–water partition coefficient (Wildman–Crippen LogP) is 1.25. The minimum atomic E-state index is 0.487. The summed E-state index contributed by atoms with van der Waals surface area (Å²) >= 11 is 0. The highest BCUT2D eigenvalue weighted by atomic mass is 15.3. The van der Waals surface area contributed by atoms with Crippen molar-refractivity contribution >= 4 is 5.82 Å². The Hall–Kier alpha value is -2.63. The standard InChI is InChI=1S/C12H12N6/c1-17-5-3-12(16-17)18-8-14-7-10(18)9-2-4-15-11(13)6-9/h2-8H,1H3,(H2,13,15). The number of aryl methyl sites for hydroxylation is 1. The van der Waals surface area contributed by atoms with E-state index in [9.17, 15) is 0 Å². The van der Waals surface area contributed by atoms with Crippen LogP contribution in [-0.4, -0.2) is 24.3 Å². The van der Waals surface area contributed by atoms with Crippen molar-refractivity contribution in [3.63, 3.8) is 0 Å². The van der Waals surface area contributed by atoms with Gasteiger partial charge >= 0.3 is 0 Å². The number of pyridine rings is 1. The van der Waals surface area contributed by atoms with Gasteiger partial charge in [0.05, 0.1) is 11.9 Å². The second-order valence-corrected chi connectivity index (χ2v) is 3.97. The Kier molecular flexibility index (Phi) is 2.33. The van der Waals surface area contributed by atoms with Crippen LogP contribution < -0.4 is 5.73 Å². The van der Waals surface area contributed by atoms with Gasteiger partial charge in [-0.25, -0.2) is 9.97 Å². The summed E-state index contributed by atoms with van der Waals surface area (Å²) in [5.74, 6) is 1.31. The lowest BCUT2D eigenvalue weighted by molar-refractivity contribution is 0.751. The van der Waals surface area contributed by atoms with E-state index in [0.29, 0.717) is 5.82 Å².